The van der Waals surface area contributed by atoms with Crippen LogP contribution < -0.4 is 11.1 Å². The average molecular weight is 307 g/mol. The molecule has 0 radical (unpaired) electrons. The molecule has 1 saturated carbocycles. The molecule has 1 atom stereocenters. The number of hydrogen-bond acceptors (Lipinski definition) is 4. The van der Waals surface area contributed by atoms with Crippen LogP contribution in [0.3, 0.4) is 0 Å². The van der Waals surface area contributed by atoms with Crippen LogP contribution in [0.2, 0.25) is 0 Å². The SMILES string of the molecule is CCCC(N)C(=O)NC1(C(=O)OC)CCCCCC1.Cl. The van der Waals surface area contributed by atoms with Crippen LogP contribution >= 0.6 is 12.4 Å². The second kappa shape index (κ2) is 9.19. The summed E-state index contributed by atoms with van der Waals surface area (Å²) in [6.07, 6.45) is 6.81. The van der Waals surface area contributed by atoms with E-state index in [1.54, 1.807) is 0 Å². The van der Waals surface area contributed by atoms with Crippen LogP contribution in [-0.4, -0.2) is 30.6 Å². The molecule has 0 heterocycles. The smallest absolute Gasteiger partial charge is 0.331 e. The fraction of sp³-hybridized carbons (Fsp3) is 0.857. The van der Waals surface area contributed by atoms with Gasteiger partial charge in [0.1, 0.15) is 5.54 Å². The zero-order chi connectivity index (χ0) is 14.3. The van der Waals surface area contributed by atoms with Crippen molar-refractivity contribution in [3.05, 3.63) is 0 Å². The summed E-state index contributed by atoms with van der Waals surface area (Å²) in [4.78, 5) is 24.2. The van der Waals surface area contributed by atoms with Gasteiger partial charge in [-0.05, 0) is 19.3 Å². The van der Waals surface area contributed by atoms with E-state index >= 15 is 0 Å². The molecule has 0 spiro atoms. The second-order valence-corrected chi connectivity index (χ2v) is 5.37. The third-order valence-corrected chi connectivity index (χ3v) is 3.83. The molecule has 0 bridgehead atoms. The van der Waals surface area contributed by atoms with Crippen molar-refractivity contribution in [1.29, 1.82) is 0 Å². The molecule has 1 rings (SSSR count). The number of amides is 1. The molecule has 0 aromatic rings. The van der Waals surface area contributed by atoms with Gasteiger partial charge in [0, 0.05) is 0 Å². The van der Waals surface area contributed by atoms with E-state index < -0.39 is 11.6 Å². The lowest BCUT2D eigenvalue weighted by molar-refractivity contribution is -0.152. The van der Waals surface area contributed by atoms with Gasteiger partial charge in [-0.1, -0.05) is 39.0 Å². The van der Waals surface area contributed by atoms with E-state index in [-0.39, 0.29) is 24.3 Å². The number of halogens is 1. The topological polar surface area (TPSA) is 81.4 Å². The Hall–Kier alpha value is -0.810. The van der Waals surface area contributed by atoms with Crippen LogP contribution in [0.5, 0.6) is 0 Å². The Morgan fingerprint density at radius 1 is 1.25 bits per heavy atom. The molecule has 1 unspecified atom stereocenters. The minimum Gasteiger partial charge on any atom is -0.467 e. The Bertz CT molecular complexity index is 316. The van der Waals surface area contributed by atoms with Crippen LogP contribution in [0.1, 0.15) is 58.3 Å². The summed E-state index contributed by atoms with van der Waals surface area (Å²) >= 11 is 0. The van der Waals surface area contributed by atoms with Crippen molar-refractivity contribution in [3.63, 3.8) is 0 Å². The molecule has 1 aliphatic rings. The summed E-state index contributed by atoms with van der Waals surface area (Å²) in [5.41, 5.74) is 4.95. The highest BCUT2D eigenvalue weighted by atomic mass is 35.5. The number of hydrogen-bond donors (Lipinski definition) is 2. The first-order valence-electron chi connectivity index (χ1n) is 7.22. The van der Waals surface area contributed by atoms with Gasteiger partial charge in [-0.2, -0.15) is 0 Å². The number of methoxy groups -OCH3 is 1. The number of ether oxygens (including phenoxy) is 1. The summed E-state index contributed by atoms with van der Waals surface area (Å²) in [6, 6.07) is -0.546. The van der Waals surface area contributed by atoms with Crippen LogP contribution in [0.15, 0.2) is 0 Å². The molecule has 1 amide bonds. The summed E-state index contributed by atoms with van der Waals surface area (Å²) in [7, 11) is 1.37. The zero-order valence-electron chi connectivity index (χ0n) is 12.4. The molecule has 6 heteroatoms. The molecule has 0 saturated heterocycles. The van der Waals surface area contributed by atoms with E-state index in [0.29, 0.717) is 19.3 Å². The molecule has 0 aliphatic heterocycles. The lowest BCUT2D eigenvalue weighted by Gasteiger charge is -2.32. The fourth-order valence-electron chi connectivity index (χ4n) is 2.68. The Labute approximate surface area is 127 Å². The highest BCUT2D eigenvalue weighted by molar-refractivity contribution is 5.90. The molecule has 20 heavy (non-hydrogen) atoms. The predicted octanol–water partition coefficient (Wildman–Crippen LogP) is 1.92. The maximum absolute atomic E-state index is 12.1. The van der Waals surface area contributed by atoms with Gasteiger partial charge in [0.05, 0.1) is 13.2 Å². The minimum absolute atomic E-state index is 0. The lowest BCUT2D eigenvalue weighted by atomic mass is 9.89. The molecule has 5 nitrogen and oxygen atoms in total. The third-order valence-electron chi connectivity index (χ3n) is 3.83. The monoisotopic (exact) mass is 306 g/mol. The normalized spacial score (nSPS) is 19.1. The first-order valence-corrected chi connectivity index (χ1v) is 7.22. The Kier molecular flexibility index (Phi) is 8.81. The lowest BCUT2D eigenvalue weighted by Crippen LogP contribution is -2.58. The maximum Gasteiger partial charge on any atom is 0.331 e. The Morgan fingerprint density at radius 2 is 1.80 bits per heavy atom. The van der Waals surface area contributed by atoms with Gasteiger partial charge in [-0.15, -0.1) is 12.4 Å². The first kappa shape index (κ1) is 19.2. The predicted molar refractivity (Wildman–Crippen MR) is 80.7 cm³/mol. The quantitative estimate of drug-likeness (QED) is 0.600. The second-order valence-electron chi connectivity index (χ2n) is 5.37. The Morgan fingerprint density at radius 3 is 2.25 bits per heavy atom. The largest absolute Gasteiger partial charge is 0.467 e. The van der Waals surface area contributed by atoms with Crippen molar-refractivity contribution in [1.82, 2.24) is 5.32 Å². The van der Waals surface area contributed by atoms with Crippen molar-refractivity contribution in [2.24, 2.45) is 5.73 Å². The number of esters is 1. The van der Waals surface area contributed by atoms with Crippen LogP contribution in [0.4, 0.5) is 0 Å². The van der Waals surface area contributed by atoms with Crippen molar-refractivity contribution in [2.45, 2.75) is 69.9 Å². The number of rotatable bonds is 5. The zero-order valence-corrected chi connectivity index (χ0v) is 13.3. The van der Waals surface area contributed by atoms with Gasteiger partial charge < -0.3 is 15.8 Å². The van der Waals surface area contributed by atoms with Gasteiger partial charge >= 0.3 is 5.97 Å². The average Bonchev–Trinajstić information content (AvgIpc) is 2.64. The summed E-state index contributed by atoms with van der Waals surface area (Å²) < 4.78 is 4.89. The van der Waals surface area contributed by atoms with E-state index in [4.69, 9.17) is 10.5 Å². The molecule has 0 aromatic carbocycles. The van der Waals surface area contributed by atoms with E-state index in [2.05, 4.69) is 5.32 Å². The number of nitrogens with one attached hydrogen (secondary N) is 1. The minimum atomic E-state index is -0.867. The van der Waals surface area contributed by atoms with Gasteiger partial charge in [-0.3, -0.25) is 4.79 Å². The molecule has 118 valence electrons. The summed E-state index contributed by atoms with van der Waals surface area (Å²) in [6.45, 7) is 1.98. The van der Waals surface area contributed by atoms with E-state index in [9.17, 15) is 9.59 Å². The Balaban J connectivity index is 0.00000361. The van der Waals surface area contributed by atoms with Gasteiger partial charge in [0.15, 0.2) is 0 Å². The molecule has 1 aliphatic carbocycles. The summed E-state index contributed by atoms with van der Waals surface area (Å²) in [5.74, 6) is -0.583. The van der Waals surface area contributed by atoms with Crippen molar-refractivity contribution in [2.75, 3.05) is 7.11 Å². The van der Waals surface area contributed by atoms with Crippen LogP contribution in [0, 0.1) is 0 Å². The van der Waals surface area contributed by atoms with Crippen LogP contribution in [-0.2, 0) is 14.3 Å². The standard InChI is InChI=1S/C14H26N2O3.ClH/c1-3-8-11(15)12(17)16-14(13(18)19-2)9-6-4-5-7-10-14;/h11H,3-10,15H2,1-2H3,(H,16,17);1H. The first-order chi connectivity index (χ1) is 9.05. The maximum atomic E-state index is 12.1. The number of carbonyl (C=O) groups excluding carboxylic acids is 2. The fourth-order valence-corrected chi connectivity index (χ4v) is 2.68. The molecule has 3 N–H and O–H groups in total. The van der Waals surface area contributed by atoms with Crippen molar-refractivity contribution >= 4 is 24.3 Å². The van der Waals surface area contributed by atoms with Gasteiger partial charge in [-0.25, -0.2) is 4.79 Å². The molecular formula is C14H27ClN2O3. The van der Waals surface area contributed by atoms with E-state index in [1.165, 1.54) is 7.11 Å². The molecular weight excluding hydrogens is 280 g/mol. The molecule has 1 fully saturated rings. The number of nitrogens with two attached hydrogens (primary N) is 1. The van der Waals surface area contributed by atoms with Gasteiger partial charge in [0.25, 0.3) is 0 Å². The van der Waals surface area contributed by atoms with E-state index in [0.717, 1.165) is 32.1 Å². The van der Waals surface area contributed by atoms with E-state index in [1.807, 2.05) is 6.92 Å². The van der Waals surface area contributed by atoms with Crippen molar-refractivity contribution in [3.8, 4) is 0 Å². The highest BCUT2D eigenvalue weighted by Crippen LogP contribution is 2.28. The third kappa shape index (κ3) is 4.94. The number of carbonyl (C=O) groups is 2. The highest BCUT2D eigenvalue weighted by Gasteiger charge is 2.41. The summed E-state index contributed by atoms with van der Waals surface area (Å²) in [5, 5.41) is 2.87. The van der Waals surface area contributed by atoms with Crippen LogP contribution in [0.25, 0.3) is 0 Å². The van der Waals surface area contributed by atoms with Gasteiger partial charge in [0.2, 0.25) is 5.91 Å². The van der Waals surface area contributed by atoms with Crippen molar-refractivity contribution < 1.29 is 14.3 Å². The molecule has 0 aromatic heterocycles.